The Morgan fingerprint density at radius 1 is 0.975 bits per heavy atom. The standard InChI is InChI=1S/C24H13ClF3N5O7/c25-15-8-6-13(24(26,27)28)10-16(15)29-22(35)21(34)19-20(12-4-2-1-3-5-12)30-31(23(19)36)17-9-7-14(32(37)38)11-18(17)33(39)40/h1-11,19H,(H,29,35)/t19-/m1/s1. The smallest absolute Gasteiger partial charge is 0.318 e. The van der Waals surface area contributed by atoms with Crippen LogP contribution in [-0.2, 0) is 20.6 Å². The molecule has 4 rings (SSSR count). The summed E-state index contributed by atoms with van der Waals surface area (Å²) < 4.78 is 39.4. The fourth-order valence-electron chi connectivity index (χ4n) is 3.76. The number of carbonyl (C=O) groups excluding carboxylic acids is 3. The number of benzene rings is 3. The number of nitrogens with one attached hydrogen (secondary N) is 1. The maximum Gasteiger partial charge on any atom is 0.416 e. The first-order chi connectivity index (χ1) is 18.8. The van der Waals surface area contributed by atoms with Crippen LogP contribution in [0.3, 0.4) is 0 Å². The summed E-state index contributed by atoms with van der Waals surface area (Å²) >= 11 is 5.89. The Kier molecular flexibility index (Phi) is 7.33. The first-order valence-corrected chi connectivity index (χ1v) is 11.3. The van der Waals surface area contributed by atoms with Crippen molar-refractivity contribution in [2.75, 3.05) is 10.3 Å². The highest BCUT2D eigenvalue weighted by atomic mass is 35.5. The number of hydrogen-bond acceptors (Lipinski definition) is 8. The van der Waals surface area contributed by atoms with Crippen molar-refractivity contribution in [3.63, 3.8) is 0 Å². The van der Waals surface area contributed by atoms with Crippen LogP contribution < -0.4 is 10.3 Å². The van der Waals surface area contributed by atoms with Crippen molar-refractivity contribution in [3.8, 4) is 0 Å². The average Bonchev–Trinajstić information content (AvgIpc) is 3.25. The molecule has 0 fully saturated rings. The summed E-state index contributed by atoms with van der Waals surface area (Å²) in [5, 5.41) is 28.9. The summed E-state index contributed by atoms with van der Waals surface area (Å²) in [6.07, 6.45) is -4.79. The molecule has 1 aliphatic heterocycles. The molecule has 0 saturated heterocycles. The van der Waals surface area contributed by atoms with E-state index in [1.54, 1.807) is 6.07 Å². The molecule has 0 unspecified atom stereocenters. The lowest BCUT2D eigenvalue weighted by atomic mass is 9.92. The fourth-order valence-corrected chi connectivity index (χ4v) is 3.92. The number of rotatable bonds is 7. The molecule has 204 valence electrons. The second-order valence-electron chi connectivity index (χ2n) is 8.13. The number of hydrazone groups is 1. The van der Waals surface area contributed by atoms with Crippen LogP contribution in [0.5, 0.6) is 0 Å². The highest BCUT2D eigenvalue weighted by Gasteiger charge is 2.46. The van der Waals surface area contributed by atoms with Crippen molar-refractivity contribution in [1.82, 2.24) is 0 Å². The van der Waals surface area contributed by atoms with Gasteiger partial charge in [0, 0.05) is 6.07 Å². The van der Waals surface area contributed by atoms with Gasteiger partial charge in [-0.2, -0.15) is 23.3 Å². The highest BCUT2D eigenvalue weighted by molar-refractivity contribution is 6.52. The van der Waals surface area contributed by atoms with Crippen molar-refractivity contribution in [2.24, 2.45) is 11.0 Å². The zero-order chi connectivity index (χ0) is 29.4. The second-order valence-corrected chi connectivity index (χ2v) is 8.54. The minimum absolute atomic E-state index is 0.172. The molecule has 0 saturated carbocycles. The lowest BCUT2D eigenvalue weighted by molar-refractivity contribution is -0.393. The van der Waals surface area contributed by atoms with Gasteiger partial charge in [0.2, 0.25) is 5.78 Å². The van der Waals surface area contributed by atoms with Crippen LogP contribution >= 0.6 is 11.6 Å². The van der Waals surface area contributed by atoms with Crippen LogP contribution in [0.15, 0.2) is 71.8 Å². The molecule has 40 heavy (non-hydrogen) atoms. The first-order valence-electron chi connectivity index (χ1n) is 10.9. The third-order valence-corrected chi connectivity index (χ3v) is 5.96. The Hall–Kier alpha value is -5.18. The predicted molar refractivity (Wildman–Crippen MR) is 134 cm³/mol. The van der Waals surface area contributed by atoms with Gasteiger partial charge in [-0.15, -0.1) is 0 Å². The van der Waals surface area contributed by atoms with Crippen molar-refractivity contribution < 1.29 is 37.4 Å². The van der Waals surface area contributed by atoms with Crippen LogP contribution in [0, 0.1) is 26.1 Å². The third-order valence-electron chi connectivity index (χ3n) is 5.63. The van der Waals surface area contributed by atoms with E-state index in [4.69, 9.17) is 11.6 Å². The van der Waals surface area contributed by atoms with Gasteiger partial charge in [-0.1, -0.05) is 41.9 Å². The normalized spacial score (nSPS) is 15.0. The van der Waals surface area contributed by atoms with E-state index in [9.17, 15) is 47.8 Å². The van der Waals surface area contributed by atoms with Gasteiger partial charge < -0.3 is 5.32 Å². The number of nitro benzene ring substituents is 2. The van der Waals surface area contributed by atoms with E-state index < -0.39 is 67.9 Å². The maximum atomic E-state index is 13.4. The number of nitrogens with zero attached hydrogens (tertiary/aromatic N) is 4. The largest absolute Gasteiger partial charge is 0.416 e. The van der Waals surface area contributed by atoms with Crippen molar-refractivity contribution >= 4 is 57.7 Å². The molecule has 0 spiro atoms. The molecule has 16 heteroatoms. The summed E-state index contributed by atoms with van der Waals surface area (Å²) in [6.45, 7) is 0. The minimum Gasteiger partial charge on any atom is -0.318 e. The molecule has 2 amide bonds. The van der Waals surface area contributed by atoms with Crippen LogP contribution in [0.1, 0.15) is 11.1 Å². The Labute approximate surface area is 225 Å². The van der Waals surface area contributed by atoms with Gasteiger partial charge in [0.25, 0.3) is 17.5 Å². The molecule has 3 aromatic carbocycles. The monoisotopic (exact) mass is 575 g/mol. The first kappa shape index (κ1) is 27.8. The number of hydrogen-bond donors (Lipinski definition) is 1. The number of nitro groups is 2. The molecule has 0 aliphatic carbocycles. The summed E-state index contributed by atoms with van der Waals surface area (Å²) in [5.41, 5.74) is -3.90. The van der Waals surface area contributed by atoms with Crippen molar-refractivity contribution in [3.05, 3.63) is 103 Å². The van der Waals surface area contributed by atoms with E-state index in [1.165, 1.54) is 24.3 Å². The van der Waals surface area contributed by atoms with E-state index >= 15 is 0 Å². The zero-order valence-electron chi connectivity index (χ0n) is 19.6. The number of Topliss-reactive ketones (excluding diaryl/α,β-unsaturated/α-hetero) is 1. The molecule has 1 aliphatic rings. The van der Waals surface area contributed by atoms with Crippen molar-refractivity contribution in [1.29, 1.82) is 0 Å². The van der Waals surface area contributed by atoms with Crippen LogP contribution in [0.2, 0.25) is 5.02 Å². The molecule has 1 heterocycles. The Balaban J connectivity index is 1.75. The van der Waals surface area contributed by atoms with E-state index in [0.29, 0.717) is 23.2 Å². The quantitative estimate of drug-likeness (QED) is 0.184. The van der Waals surface area contributed by atoms with E-state index in [-0.39, 0.29) is 16.3 Å². The average molecular weight is 576 g/mol. The maximum absolute atomic E-state index is 13.4. The Morgan fingerprint density at radius 2 is 1.65 bits per heavy atom. The Bertz CT molecular complexity index is 1610. The zero-order valence-corrected chi connectivity index (χ0v) is 20.3. The molecule has 12 nitrogen and oxygen atoms in total. The van der Waals surface area contributed by atoms with E-state index in [0.717, 1.165) is 18.2 Å². The SMILES string of the molecule is O=C(Nc1cc(C(F)(F)F)ccc1Cl)C(=O)[C@@H]1C(=O)N(c2ccc([N+](=O)[O-])cc2[N+](=O)[O-])N=C1c1ccccc1. The molecular formula is C24H13ClF3N5O7. The number of anilines is 2. The molecular weight excluding hydrogens is 563 g/mol. The van der Waals surface area contributed by atoms with Gasteiger partial charge in [-0.05, 0) is 29.8 Å². The highest BCUT2D eigenvalue weighted by Crippen LogP contribution is 2.37. The van der Waals surface area contributed by atoms with Gasteiger partial charge in [0.1, 0.15) is 5.69 Å². The van der Waals surface area contributed by atoms with Gasteiger partial charge in [-0.3, -0.25) is 34.6 Å². The fraction of sp³-hybridized carbons (Fsp3) is 0.0833. The molecule has 0 bridgehead atoms. The van der Waals surface area contributed by atoms with Gasteiger partial charge in [-0.25, -0.2) is 0 Å². The number of halogens is 4. The number of alkyl halides is 3. The summed E-state index contributed by atoms with van der Waals surface area (Å²) in [7, 11) is 0. The van der Waals surface area contributed by atoms with E-state index in [1.807, 2.05) is 5.32 Å². The predicted octanol–water partition coefficient (Wildman–Crippen LogP) is 4.75. The number of carbonyl (C=O) groups is 3. The van der Waals surface area contributed by atoms with Crippen LogP contribution in [0.4, 0.5) is 35.9 Å². The van der Waals surface area contributed by atoms with Gasteiger partial charge in [0.15, 0.2) is 5.92 Å². The number of ketones is 1. The second kappa shape index (κ2) is 10.5. The number of amides is 2. The lowest BCUT2D eigenvalue weighted by Gasteiger charge is -2.15. The van der Waals surface area contributed by atoms with Gasteiger partial charge in [0.05, 0.1) is 37.9 Å². The molecule has 1 N–H and O–H groups in total. The summed E-state index contributed by atoms with van der Waals surface area (Å²) in [5.74, 6) is -6.15. The molecule has 3 aromatic rings. The van der Waals surface area contributed by atoms with Gasteiger partial charge >= 0.3 is 11.9 Å². The summed E-state index contributed by atoms with van der Waals surface area (Å²) in [6, 6.07) is 11.9. The van der Waals surface area contributed by atoms with Crippen LogP contribution in [0.25, 0.3) is 0 Å². The number of non-ortho nitro benzene ring substituents is 1. The minimum atomic E-state index is -4.79. The third kappa shape index (κ3) is 5.35. The lowest BCUT2D eigenvalue weighted by Crippen LogP contribution is -2.40. The Morgan fingerprint density at radius 3 is 2.25 bits per heavy atom. The molecule has 0 radical (unpaired) electrons. The van der Waals surface area contributed by atoms with Crippen LogP contribution in [-0.4, -0.2) is 33.2 Å². The molecule has 0 aromatic heterocycles. The van der Waals surface area contributed by atoms with Crippen molar-refractivity contribution in [2.45, 2.75) is 6.18 Å². The summed E-state index contributed by atoms with van der Waals surface area (Å²) in [4.78, 5) is 60.4. The topological polar surface area (TPSA) is 165 Å². The molecule has 1 atom stereocenters. The van der Waals surface area contributed by atoms with E-state index in [2.05, 4.69) is 5.10 Å².